The number of rotatable bonds is 4. The maximum Gasteiger partial charge on any atom is 0.338 e. The van der Waals surface area contributed by atoms with Crippen LogP contribution in [0.4, 0.5) is 5.69 Å². The third-order valence-electron chi connectivity index (χ3n) is 3.64. The fraction of sp³-hybridized carbons (Fsp3) is 0.533. The fourth-order valence-electron chi connectivity index (χ4n) is 2.55. The molecule has 1 aliphatic carbocycles. The Balaban J connectivity index is 2.02. The molecule has 1 aromatic rings. The number of hydrogen-bond acceptors (Lipinski definition) is 4. The van der Waals surface area contributed by atoms with E-state index in [0.717, 1.165) is 18.5 Å². The molecule has 19 heavy (non-hydrogen) atoms. The van der Waals surface area contributed by atoms with E-state index in [2.05, 4.69) is 0 Å². The van der Waals surface area contributed by atoms with Crippen molar-refractivity contribution in [3.05, 3.63) is 29.8 Å². The molecule has 0 unspecified atom stereocenters. The maximum absolute atomic E-state index is 11.6. The Hall–Kier alpha value is -1.55. The van der Waals surface area contributed by atoms with Crippen molar-refractivity contribution in [2.45, 2.75) is 45.1 Å². The van der Waals surface area contributed by atoms with Crippen LogP contribution in [-0.4, -0.2) is 18.6 Å². The zero-order chi connectivity index (χ0) is 13.7. The summed E-state index contributed by atoms with van der Waals surface area (Å²) in [5.41, 5.74) is 1.53. The Morgan fingerprint density at radius 1 is 1.26 bits per heavy atom. The van der Waals surface area contributed by atoms with Gasteiger partial charge in [0.15, 0.2) is 0 Å². The molecule has 0 atom stereocenters. The summed E-state index contributed by atoms with van der Waals surface area (Å²) in [6.45, 7) is 2.20. The lowest BCUT2D eigenvalue weighted by atomic mass is 9.95. The fourth-order valence-corrected chi connectivity index (χ4v) is 2.55. The van der Waals surface area contributed by atoms with Crippen LogP contribution in [0.1, 0.15) is 49.4 Å². The van der Waals surface area contributed by atoms with Crippen LogP contribution < -0.4 is 10.9 Å². The first-order valence-corrected chi connectivity index (χ1v) is 7.03. The van der Waals surface area contributed by atoms with E-state index in [1.807, 2.05) is 17.1 Å². The van der Waals surface area contributed by atoms with E-state index in [0.29, 0.717) is 18.2 Å². The van der Waals surface area contributed by atoms with Gasteiger partial charge in [-0.15, -0.1) is 0 Å². The van der Waals surface area contributed by atoms with Crippen molar-refractivity contribution in [3.8, 4) is 0 Å². The first-order chi connectivity index (χ1) is 9.22. The van der Waals surface area contributed by atoms with E-state index in [1.54, 1.807) is 19.1 Å². The molecule has 0 radical (unpaired) electrons. The number of benzene rings is 1. The number of carbonyl (C=O) groups is 1. The van der Waals surface area contributed by atoms with Crippen molar-refractivity contribution in [2.75, 3.05) is 11.6 Å². The minimum Gasteiger partial charge on any atom is -0.462 e. The molecule has 1 aromatic carbocycles. The first-order valence-electron chi connectivity index (χ1n) is 7.03. The Morgan fingerprint density at radius 3 is 2.47 bits per heavy atom. The molecule has 0 spiro atoms. The molecule has 0 aliphatic heterocycles. The second-order valence-electron chi connectivity index (χ2n) is 4.97. The third-order valence-corrected chi connectivity index (χ3v) is 3.64. The van der Waals surface area contributed by atoms with Gasteiger partial charge >= 0.3 is 5.97 Å². The largest absolute Gasteiger partial charge is 0.462 e. The van der Waals surface area contributed by atoms with Crippen LogP contribution in [-0.2, 0) is 4.74 Å². The highest BCUT2D eigenvalue weighted by Gasteiger charge is 2.19. The summed E-state index contributed by atoms with van der Waals surface area (Å²) < 4.78 is 4.96. The quantitative estimate of drug-likeness (QED) is 0.515. The summed E-state index contributed by atoms with van der Waals surface area (Å²) in [7, 11) is 0. The van der Waals surface area contributed by atoms with Crippen molar-refractivity contribution in [1.29, 1.82) is 0 Å². The summed E-state index contributed by atoms with van der Waals surface area (Å²) in [5.74, 6) is 5.89. The van der Waals surface area contributed by atoms with Crippen molar-refractivity contribution in [3.63, 3.8) is 0 Å². The van der Waals surface area contributed by atoms with Gasteiger partial charge in [-0.25, -0.2) is 10.6 Å². The van der Waals surface area contributed by atoms with Gasteiger partial charge in [-0.05, 0) is 44.0 Å². The van der Waals surface area contributed by atoms with Gasteiger partial charge in [-0.3, -0.25) is 0 Å². The highest BCUT2D eigenvalue weighted by atomic mass is 16.5. The molecular formula is C15H22N2O2. The first kappa shape index (κ1) is 13.9. The molecule has 0 saturated heterocycles. The number of carbonyl (C=O) groups excluding carboxylic acids is 1. The summed E-state index contributed by atoms with van der Waals surface area (Å²) >= 11 is 0. The molecule has 2 N–H and O–H groups in total. The van der Waals surface area contributed by atoms with E-state index < -0.39 is 0 Å². The number of anilines is 1. The minimum absolute atomic E-state index is 0.282. The second-order valence-corrected chi connectivity index (χ2v) is 4.97. The average Bonchev–Trinajstić information content (AvgIpc) is 2.48. The molecule has 1 saturated carbocycles. The number of hydrazine groups is 1. The number of nitrogens with two attached hydrogens (primary N) is 1. The highest BCUT2D eigenvalue weighted by Crippen LogP contribution is 2.25. The van der Waals surface area contributed by atoms with Gasteiger partial charge in [0.1, 0.15) is 0 Å². The van der Waals surface area contributed by atoms with Gasteiger partial charge in [0.25, 0.3) is 0 Å². The SMILES string of the molecule is CCOC(=O)c1ccc(N(N)C2CCCCC2)cc1. The van der Waals surface area contributed by atoms with E-state index in [-0.39, 0.29) is 5.97 Å². The van der Waals surface area contributed by atoms with Crippen LogP contribution in [0.2, 0.25) is 0 Å². The lowest BCUT2D eigenvalue weighted by molar-refractivity contribution is 0.0526. The Bertz CT molecular complexity index is 411. The monoisotopic (exact) mass is 262 g/mol. The topological polar surface area (TPSA) is 55.6 Å². The smallest absolute Gasteiger partial charge is 0.338 e. The van der Waals surface area contributed by atoms with Crippen LogP contribution in [0.25, 0.3) is 0 Å². The molecule has 1 aliphatic rings. The van der Waals surface area contributed by atoms with Crippen LogP contribution in [0, 0.1) is 0 Å². The normalized spacial score (nSPS) is 16.1. The van der Waals surface area contributed by atoms with Crippen LogP contribution in [0.3, 0.4) is 0 Å². The zero-order valence-electron chi connectivity index (χ0n) is 11.5. The zero-order valence-corrected chi connectivity index (χ0v) is 11.5. The summed E-state index contributed by atoms with van der Waals surface area (Å²) in [4.78, 5) is 11.6. The Kier molecular flexibility index (Phi) is 4.80. The molecule has 0 aromatic heterocycles. The number of hydrogen-bond donors (Lipinski definition) is 1. The molecule has 4 nitrogen and oxygen atoms in total. The van der Waals surface area contributed by atoms with Gasteiger partial charge in [0, 0.05) is 6.04 Å². The molecule has 2 rings (SSSR count). The van der Waals surface area contributed by atoms with E-state index in [1.165, 1.54) is 19.3 Å². The van der Waals surface area contributed by atoms with Crippen molar-refractivity contribution in [1.82, 2.24) is 0 Å². The van der Waals surface area contributed by atoms with E-state index in [9.17, 15) is 4.79 Å². The van der Waals surface area contributed by atoms with Gasteiger partial charge in [-0.1, -0.05) is 19.3 Å². The summed E-state index contributed by atoms with van der Waals surface area (Å²) in [6.07, 6.45) is 6.11. The molecule has 0 amide bonds. The standard InChI is InChI=1S/C15H22N2O2/c1-2-19-15(18)12-8-10-14(11-9-12)17(16)13-6-4-3-5-7-13/h8-11,13H,2-7,16H2,1H3. The molecule has 4 heteroatoms. The van der Waals surface area contributed by atoms with Gasteiger partial charge < -0.3 is 9.75 Å². The second kappa shape index (κ2) is 6.57. The molecule has 0 bridgehead atoms. The average molecular weight is 262 g/mol. The van der Waals surface area contributed by atoms with E-state index >= 15 is 0 Å². The van der Waals surface area contributed by atoms with Crippen LogP contribution >= 0.6 is 0 Å². The predicted molar refractivity (Wildman–Crippen MR) is 75.9 cm³/mol. The van der Waals surface area contributed by atoms with Crippen LogP contribution in [0.15, 0.2) is 24.3 Å². The molecule has 0 heterocycles. The molecule has 104 valence electrons. The predicted octanol–water partition coefficient (Wildman–Crippen LogP) is 2.88. The van der Waals surface area contributed by atoms with Crippen molar-refractivity contribution in [2.24, 2.45) is 5.84 Å². The third kappa shape index (κ3) is 3.47. The van der Waals surface area contributed by atoms with Crippen molar-refractivity contribution >= 4 is 11.7 Å². The number of ether oxygens (including phenoxy) is 1. The number of nitrogens with zero attached hydrogens (tertiary/aromatic N) is 1. The maximum atomic E-state index is 11.6. The van der Waals surface area contributed by atoms with Gasteiger partial charge in [0.05, 0.1) is 17.9 Å². The van der Waals surface area contributed by atoms with Gasteiger partial charge in [0.2, 0.25) is 0 Å². The molecular weight excluding hydrogens is 240 g/mol. The van der Waals surface area contributed by atoms with Gasteiger partial charge in [-0.2, -0.15) is 0 Å². The summed E-state index contributed by atoms with van der Waals surface area (Å²) in [5, 5.41) is 1.84. The number of esters is 1. The minimum atomic E-state index is -0.282. The Labute approximate surface area is 114 Å². The van der Waals surface area contributed by atoms with E-state index in [4.69, 9.17) is 10.6 Å². The highest BCUT2D eigenvalue weighted by molar-refractivity contribution is 5.89. The lowest BCUT2D eigenvalue weighted by Crippen LogP contribution is -2.42. The summed E-state index contributed by atoms with van der Waals surface area (Å²) in [6, 6.07) is 7.75. The lowest BCUT2D eigenvalue weighted by Gasteiger charge is -2.32. The molecule has 1 fully saturated rings. The van der Waals surface area contributed by atoms with Crippen LogP contribution in [0.5, 0.6) is 0 Å². The Morgan fingerprint density at radius 2 is 1.89 bits per heavy atom. The van der Waals surface area contributed by atoms with Crippen molar-refractivity contribution < 1.29 is 9.53 Å².